The van der Waals surface area contributed by atoms with Crippen LogP contribution in [0.5, 0.6) is 0 Å². The smallest absolute Gasteiger partial charge is 0.178 e. The third-order valence-corrected chi connectivity index (χ3v) is 5.29. The molecule has 1 heterocycles. The highest BCUT2D eigenvalue weighted by Crippen LogP contribution is 2.27. The van der Waals surface area contributed by atoms with Crippen LogP contribution < -0.4 is 0 Å². The molecule has 0 unspecified atom stereocenters. The van der Waals surface area contributed by atoms with E-state index in [2.05, 4.69) is 25.1 Å². The van der Waals surface area contributed by atoms with Crippen LogP contribution in [-0.4, -0.2) is 20.6 Å². The van der Waals surface area contributed by atoms with E-state index >= 15 is 0 Å². The van der Waals surface area contributed by atoms with E-state index in [0.29, 0.717) is 8.34 Å². The summed E-state index contributed by atoms with van der Waals surface area (Å²) < 4.78 is 17.0. The SMILES string of the molecule is CSC(C)(C)Cn1c(=S)[nH]c2cc(I)c(F)cc21. The number of benzene rings is 1. The molecule has 2 rings (SSSR count). The number of thioether (sulfide) groups is 1. The minimum Gasteiger partial charge on any atom is -0.331 e. The third kappa shape index (κ3) is 2.75. The van der Waals surface area contributed by atoms with Crippen molar-refractivity contribution in [2.24, 2.45) is 0 Å². The first-order valence-electron chi connectivity index (χ1n) is 5.47. The molecule has 0 bridgehead atoms. The first kappa shape index (κ1) is 14.3. The molecular weight excluding hydrogens is 382 g/mol. The molecule has 0 saturated carbocycles. The van der Waals surface area contributed by atoms with E-state index in [1.165, 1.54) is 0 Å². The second kappa shape index (κ2) is 5.13. The van der Waals surface area contributed by atoms with Gasteiger partial charge in [-0.25, -0.2) is 4.39 Å². The number of hydrogen-bond acceptors (Lipinski definition) is 2. The van der Waals surface area contributed by atoms with Crippen LogP contribution in [0.4, 0.5) is 4.39 Å². The summed E-state index contributed by atoms with van der Waals surface area (Å²) in [7, 11) is 0. The number of nitrogens with one attached hydrogen (secondary N) is 1. The van der Waals surface area contributed by atoms with Gasteiger partial charge in [0.2, 0.25) is 0 Å². The summed E-state index contributed by atoms with van der Waals surface area (Å²) in [6.07, 6.45) is 2.07. The average molecular weight is 396 g/mol. The van der Waals surface area contributed by atoms with Crippen LogP contribution in [0.3, 0.4) is 0 Å². The van der Waals surface area contributed by atoms with E-state index in [9.17, 15) is 4.39 Å². The zero-order valence-corrected chi connectivity index (χ0v) is 14.2. The topological polar surface area (TPSA) is 20.7 Å². The largest absolute Gasteiger partial charge is 0.331 e. The molecule has 0 amide bonds. The van der Waals surface area contributed by atoms with Crippen LogP contribution in [0, 0.1) is 14.2 Å². The van der Waals surface area contributed by atoms with E-state index < -0.39 is 0 Å². The number of nitrogens with zero attached hydrogens (tertiary/aromatic N) is 1. The minimum absolute atomic E-state index is 0.0623. The van der Waals surface area contributed by atoms with Gasteiger partial charge in [-0.3, -0.25) is 0 Å². The maximum Gasteiger partial charge on any atom is 0.178 e. The predicted molar refractivity (Wildman–Crippen MR) is 87.4 cm³/mol. The fourth-order valence-electron chi connectivity index (χ4n) is 1.75. The lowest BCUT2D eigenvalue weighted by molar-refractivity contribution is 0.572. The Hall–Kier alpha value is -0.0800. The first-order valence-corrected chi connectivity index (χ1v) is 8.18. The van der Waals surface area contributed by atoms with Crippen LogP contribution in [0.15, 0.2) is 12.1 Å². The Morgan fingerprint density at radius 2 is 2.17 bits per heavy atom. The summed E-state index contributed by atoms with van der Waals surface area (Å²) >= 11 is 9.09. The van der Waals surface area contributed by atoms with Crippen LogP contribution in [0.25, 0.3) is 11.0 Å². The van der Waals surface area contributed by atoms with Crippen molar-refractivity contribution < 1.29 is 4.39 Å². The number of H-pyrrole nitrogens is 1. The van der Waals surface area contributed by atoms with Crippen molar-refractivity contribution in [1.82, 2.24) is 9.55 Å². The maximum atomic E-state index is 13.7. The Morgan fingerprint density at radius 1 is 1.50 bits per heavy atom. The van der Waals surface area contributed by atoms with Gasteiger partial charge in [0.1, 0.15) is 5.82 Å². The Bertz CT molecular complexity index is 645. The van der Waals surface area contributed by atoms with Gasteiger partial charge in [-0.2, -0.15) is 11.8 Å². The Balaban J connectivity index is 2.60. The van der Waals surface area contributed by atoms with E-state index in [4.69, 9.17) is 12.2 Å². The number of hydrogen-bond donors (Lipinski definition) is 1. The van der Waals surface area contributed by atoms with Crippen molar-refractivity contribution >= 4 is 57.6 Å². The Labute approximate surface area is 128 Å². The second-order valence-electron chi connectivity index (χ2n) is 4.76. The van der Waals surface area contributed by atoms with Gasteiger partial charge in [-0.15, -0.1) is 0 Å². The molecule has 0 aliphatic heterocycles. The van der Waals surface area contributed by atoms with Crippen LogP contribution in [-0.2, 0) is 6.54 Å². The first-order chi connectivity index (χ1) is 8.34. The average Bonchev–Trinajstić information content (AvgIpc) is 2.57. The molecule has 1 aromatic heterocycles. The fourth-order valence-corrected chi connectivity index (χ4v) is 2.75. The Kier molecular flexibility index (Phi) is 4.08. The van der Waals surface area contributed by atoms with Crippen LogP contribution in [0.1, 0.15) is 13.8 Å². The van der Waals surface area contributed by atoms with Crippen molar-refractivity contribution in [3.05, 3.63) is 26.3 Å². The number of imidazole rings is 1. The van der Waals surface area contributed by atoms with E-state index in [1.54, 1.807) is 23.9 Å². The zero-order valence-electron chi connectivity index (χ0n) is 10.4. The van der Waals surface area contributed by atoms with Crippen molar-refractivity contribution in [2.75, 3.05) is 6.26 Å². The molecule has 0 saturated heterocycles. The minimum atomic E-state index is -0.201. The standard InChI is InChI=1S/C12H14FIN2S2/c1-12(2,18-3)6-16-10-4-7(13)8(14)5-9(10)15-11(16)17/h4-5H,6H2,1-3H3,(H,15,17). The van der Waals surface area contributed by atoms with Crippen LogP contribution in [0.2, 0.25) is 0 Å². The Morgan fingerprint density at radius 3 is 2.78 bits per heavy atom. The van der Waals surface area contributed by atoms with E-state index in [1.807, 2.05) is 27.2 Å². The molecule has 2 nitrogen and oxygen atoms in total. The molecular formula is C12H14FIN2S2. The molecule has 98 valence electrons. The van der Waals surface area contributed by atoms with Gasteiger partial charge < -0.3 is 9.55 Å². The maximum absolute atomic E-state index is 13.7. The quantitative estimate of drug-likeness (QED) is 0.606. The van der Waals surface area contributed by atoms with Gasteiger partial charge in [0.05, 0.1) is 14.6 Å². The van der Waals surface area contributed by atoms with Gasteiger partial charge in [-0.05, 0) is 61.0 Å². The second-order valence-corrected chi connectivity index (χ2v) is 7.83. The normalized spacial score (nSPS) is 12.3. The molecule has 1 aromatic carbocycles. The number of halogens is 2. The molecule has 1 N–H and O–H groups in total. The van der Waals surface area contributed by atoms with Crippen molar-refractivity contribution in [2.45, 2.75) is 25.1 Å². The third-order valence-electron chi connectivity index (χ3n) is 2.91. The molecule has 0 aliphatic carbocycles. The molecule has 2 aromatic rings. The molecule has 0 radical (unpaired) electrons. The van der Waals surface area contributed by atoms with Gasteiger partial charge in [0.15, 0.2) is 4.77 Å². The summed E-state index contributed by atoms with van der Waals surface area (Å²) in [5.41, 5.74) is 1.72. The highest BCUT2D eigenvalue weighted by atomic mass is 127. The number of fused-ring (bicyclic) bond motifs is 1. The number of rotatable bonds is 3. The molecule has 18 heavy (non-hydrogen) atoms. The summed E-state index contributed by atoms with van der Waals surface area (Å²) in [6.45, 7) is 5.07. The summed E-state index contributed by atoms with van der Waals surface area (Å²) in [6, 6.07) is 3.35. The number of aromatic amines is 1. The lowest BCUT2D eigenvalue weighted by atomic mass is 10.2. The van der Waals surface area contributed by atoms with Crippen molar-refractivity contribution in [3.8, 4) is 0 Å². The van der Waals surface area contributed by atoms with Crippen molar-refractivity contribution in [3.63, 3.8) is 0 Å². The van der Waals surface area contributed by atoms with Gasteiger partial charge in [0, 0.05) is 17.4 Å². The lowest BCUT2D eigenvalue weighted by Gasteiger charge is -2.22. The summed E-state index contributed by atoms with van der Waals surface area (Å²) in [5, 5.41) is 0. The lowest BCUT2D eigenvalue weighted by Crippen LogP contribution is -2.22. The van der Waals surface area contributed by atoms with E-state index in [-0.39, 0.29) is 10.6 Å². The van der Waals surface area contributed by atoms with Gasteiger partial charge in [-0.1, -0.05) is 0 Å². The van der Waals surface area contributed by atoms with Gasteiger partial charge in [0.25, 0.3) is 0 Å². The zero-order chi connectivity index (χ0) is 13.5. The molecule has 0 aliphatic rings. The fraction of sp³-hybridized carbons (Fsp3) is 0.417. The molecule has 0 atom stereocenters. The molecule has 6 heteroatoms. The highest BCUT2D eigenvalue weighted by molar-refractivity contribution is 14.1. The van der Waals surface area contributed by atoms with E-state index in [0.717, 1.165) is 17.6 Å². The number of aromatic nitrogens is 2. The molecule has 0 spiro atoms. The highest BCUT2D eigenvalue weighted by Gasteiger charge is 2.19. The predicted octanol–water partition coefficient (Wildman–Crippen LogP) is 4.58. The monoisotopic (exact) mass is 396 g/mol. The summed E-state index contributed by atoms with van der Waals surface area (Å²) in [4.78, 5) is 3.14. The summed E-state index contributed by atoms with van der Waals surface area (Å²) in [5.74, 6) is -0.201. The van der Waals surface area contributed by atoms with Gasteiger partial charge >= 0.3 is 0 Å². The van der Waals surface area contributed by atoms with Crippen molar-refractivity contribution in [1.29, 1.82) is 0 Å². The molecule has 0 fully saturated rings. The van der Waals surface area contributed by atoms with Crippen LogP contribution >= 0.6 is 46.6 Å².